The average molecular weight is 219 g/mol. The van der Waals surface area contributed by atoms with Crippen LogP contribution >= 0.6 is 0 Å². The highest BCUT2D eigenvalue weighted by molar-refractivity contribution is 5.03. The number of nitrogens with zero attached hydrogens (tertiary/aromatic N) is 2. The summed E-state index contributed by atoms with van der Waals surface area (Å²) in [4.78, 5) is 0. The maximum Gasteiger partial charge on any atom is 0.435 e. The van der Waals surface area contributed by atoms with Gasteiger partial charge in [0.2, 0.25) is 0 Å². The predicted molar refractivity (Wildman–Crippen MR) is 48.3 cm³/mol. The molecule has 3 nitrogen and oxygen atoms in total. The Bertz CT molecular complexity index is 328. The Kier molecular flexibility index (Phi) is 2.68. The summed E-state index contributed by atoms with van der Waals surface area (Å²) in [7, 11) is 0. The quantitative estimate of drug-likeness (QED) is 0.834. The van der Waals surface area contributed by atoms with Crippen LogP contribution in [-0.4, -0.2) is 22.4 Å². The number of aromatic nitrogens is 2. The van der Waals surface area contributed by atoms with Crippen LogP contribution in [0.4, 0.5) is 13.2 Å². The van der Waals surface area contributed by atoms with Crippen molar-refractivity contribution < 1.29 is 13.2 Å². The summed E-state index contributed by atoms with van der Waals surface area (Å²) in [5, 5.41) is 6.66. The van der Waals surface area contributed by atoms with E-state index in [2.05, 4.69) is 10.4 Å². The molecule has 0 aliphatic heterocycles. The van der Waals surface area contributed by atoms with Crippen molar-refractivity contribution in [3.63, 3.8) is 0 Å². The minimum Gasteiger partial charge on any atom is -0.312 e. The van der Waals surface area contributed by atoms with Crippen molar-refractivity contribution in [3.05, 3.63) is 18.0 Å². The topological polar surface area (TPSA) is 29.9 Å². The Morgan fingerprint density at radius 1 is 1.47 bits per heavy atom. The molecule has 1 aliphatic carbocycles. The van der Waals surface area contributed by atoms with Crippen LogP contribution < -0.4 is 5.32 Å². The zero-order valence-corrected chi connectivity index (χ0v) is 8.09. The van der Waals surface area contributed by atoms with Crippen molar-refractivity contribution in [2.24, 2.45) is 0 Å². The van der Waals surface area contributed by atoms with Crippen molar-refractivity contribution in [2.45, 2.75) is 31.6 Å². The Hall–Kier alpha value is -1.04. The molecule has 1 saturated carbocycles. The van der Waals surface area contributed by atoms with Gasteiger partial charge in [-0.25, -0.2) is 0 Å². The molecule has 0 atom stereocenters. The third-order valence-corrected chi connectivity index (χ3v) is 2.28. The normalized spacial score (nSPS) is 17.0. The highest BCUT2D eigenvalue weighted by Gasteiger charge is 2.33. The molecule has 0 radical (unpaired) electrons. The predicted octanol–water partition coefficient (Wildman–Crippen LogP) is 1.65. The molecule has 0 saturated heterocycles. The fraction of sp³-hybridized carbons (Fsp3) is 0.667. The number of hydrogen-bond acceptors (Lipinski definition) is 2. The first-order chi connectivity index (χ1) is 7.05. The lowest BCUT2D eigenvalue weighted by atomic mass is 10.4. The molecule has 1 N–H and O–H groups in total. The fourth-order valence-electron chi connectivity index (χ4n) is 1.31. The van der Waals surface area contributed by atoms with Gasteiger partial charge in [0, 0.05) is 18.8 Å². The van der Waals surface area contributed by atoms with Gasteiger partial charge < -0.3 is 5.32 Å². The number of rotatable bonds is 4. The van der Waals surface area contributed by atoms with E-state index in [9.17, 15) is 13.2 Å². The molecule has 15 heavy (non-hydrogen) atoms. The summed E-state index contributed by atoms with van der Waals surface area (Å²) in [5.41, 5.74) is -0.825. The second kappa shape index (κ2) is 3.84. The molecule has 0 bridgehead atoms. The summed E-state index contributed by atoms with van der Waals surface area (Å²) >= 11 is 0. The number of alkyl halides is 3. The molecule has 1 aromatic rings. The van der Waals surface area contributed by atoms with E-state index in [1.807, 2.05) is 0 Å². The third-order valence-electron chi connectivity index (χ3n) is 2.28. The van der Waals surface area contributed by atoms with Crippen molar-refractivity contribution >= 4 is 0 Å². The summed E-state index contributed by atoms with van der Waals surface area (Å²) in [6.07, 6.45) is -0.633. The van der Waals surface area contributed by atoms with Crippen molar-refractivity contribution in [1.82, 2.24) is 15.1 Å². The van der Waals surface area contributed by atoms with Crippen LogP contribution in [0, 0.1) is 0 Å². The molecular weight excluding hydrogens is 207 g/mol. The van der Waals surface area contributed by atoms with Gasteiger partial charge in [-0.1, -0.05) is 0 Å². The molecule has 1 aromatic heterocycles. The van der Waals surface area contributed by atoms with E-state index in [4.69, 9.17) is 0 Å². The van der Waals surface area contributed by atoms with E-state index in [0.717, 1.165) is 6.07 Å². The van der Waals surface area contributed by atoms with Gasteiger partial charge in [0.1, 0.15) is 0 Å². The highest BCUT2D eigenvalue weighted by atomic mass is 19.4. The lowest BCUT2D eigenvalue weighted by molar-refractivity contribution is -0.141. The fourth-order valence-corrected chi connectivity index (χ4v) is 1.31. The van der Waals surface area contributed by atoms with Crippen LogP contribution in [0.15, 0.2) is 12.3 Å². The van der Waals surface area contributed by atoms with E-state index in [1.54, 1.807) is 0 Å². The molecule has 1 fully saturated rings. The van der Waals surface area contributed by atoms with Gasteiger partial charge in [-0.05, 0) is 18.9 Å². The van der Waals surface area contributed by atoms with Crippen molar-refractivity contribution in [2.75, 3.05) is 6.54 Å². The van der Waals surface area contributed by atoms with Gasteiger partial charge in [0.05, 0.1) is 6.54 Å². The maximum atomic E-state index is 12.2. The van der Waals surface area contributed by atoms with Crippen molar-refractivity contribution in [3.8, 4) is 0 Å². The average Bonchev–Trinajstić information content (AvgIpc) is 2.80. The molecule has 1 aliphatic rings. The standard InChI is InChI=1S/C9H12F3N3/c10-9(11,12)8-3-5-15(14-8)6-4-13-7-1-2-7/h3,5,7,13H,1-2,4,6H2. The van der Waals surface area contributed by atoms with Crippen LogP contribution in [0.3, 0.4) is 0 Å². The summed E-state index contributed by atoms with van der Waals surface area (Å²) in [6, 6.07) is 1.57. The molecule has 0 spiro atoms. The largest absolute Gasteiger partial charge is 0.435 e. The van der Waals surface area contributed by atoms with Gasteiger partial charge in [0.15, 0.2) is 5.69 Å². The number of halogens is 3. The van der Waals surface area contributed by atoms with E-state index in [-0.39, 0.29) is 0 Å². The van der Waals surface area contributed by atoms with Crippen molar-refractivity contribution in [1.29, 1.82) is 0 Å². The van der Waals surface area contributed by atoms with Crippen LogP contribution in [0.2, 0.25) is 0 Å². The first-order valence-electron chi connectivity index (χ1n) is 4.90. The summed E-state index contributed by atoms with van der Waals surface area (Å²) < 4.78 is 37.8. The highest BCUT2D eigenvalue weighted by Crippen LogP contribution is 2.27. The molecule has 0 unspecified atom stereocenters. The maximum absolute atomic E-state index is 12.2. The van der Waals surface area contributed by atoms with Crippen LogP contribution in [-0.2, 0) is 12.7 Å². The smallest absolute Gasteiger partial charge is 0.312 e. The van der Waals surface area contributed by atoms with E-state index >= 15 is 0 Å². The van der Waals surface area contributed by atoms with E-state index < -0.39 is 11.9 Å². The zero-order valence-electron chi connectivity index (χ0n) is 8.09. The minimum absolute atomic E-state index is 0.479. The Labute approximate surface area is 85.3 Å². The van der Waals surface area contributed by atoms with Gasteiger partial charge in [-0.15, -0.1) is 0 Å². The zero-order chi connectivity index (χ0) is 10.9. The van der Waals surface area contributed by atoms with Crippen LogP contribution in [0.1, 0.15) is 18.5 Å². The molecule has 84 valence electrons. The van der Waals surface area contributed by atoms with Crippen LogP contribution in [0.25, 0.3) is 0 Å². The number of hydrogen-bond donors (Lipinski definition) is 1. The molecular formula is C9H12F3N3. The molecule has 6 heteroatoms. The van der Waals surface area contributed by atoms with Gasteiger partial charge in [0.25, 0.3) is 0 Å². The van der Waals surface area contributed by atoms with Gasteiger partial charge >= 0.3 is 6.18 Å². The summed E-state index contributed by atoms with van der Waals surface area (Å²) in [6.45, 7) is 1.15. The van der Waals surface area contributed by atoms with E-state index in [0.29, 0.717) is 19.1 Å². The number of nitrogens with one attached hydrogen (secondary N) is 1. The van der Waals surface area contributed by atoms with Gasteiger partial charge in [-0.3, -0.25) is 4.68 Å². The van der Waals surface area contributed by atoms with Crippen LogP contribution in [0.5, 0.6) is 0 Å². The second-order valence-electron chi connectivity index (χ2n) is 3.69. The molecule has 2 rings (SSSR count). The molecule has 0 aromatic carbocycles. The van der Waals surface area contributed by atoms with E-state index in [1.165, 1.54) is 23.7 Å². The Morgan fingerprint density at radius 2 is 2.20 bits per heavy atom. The lowest BCUT2D eigenvalue weighted by Crippen LogP contribution is -2.22. The summed E-state index contributed by atoms with van der Waals surface area (Å²) in [5.74, 6) is 0. The monoisotopic (exact) mass is 219 g/mol. The molecule has 1 heterocycles. The lowest BCUT2D eigenvalue weighted by Gasteiger charge is -2.03. The SMILES string of the molecule is FC(F)(F)c1ccn(CCNC2CC2)n1. The van der Waals surface area contributed by atoms with Gasteiger partial charge in [-0.2, -0.15) is 18.3 Å². The molecule has 0 amide bonds. The second-order valence-corrected chi connectivity index (χ2v) is 3.69. The third kappa shape index (κ3) is 2.95. The first-order valence-corrected chi connectivity index (χ1v) is 4.90. The Morgan fingerprint density at radius 3 is 2.73 bits per heavy atom. The minimum atomic E-state index is -4.34. The first kappa shape index (κ1) is 10.5. The Balaban J connectivity index is 1.83.